The molecule has 0 saturated heterocycles. The summed E-state index contributed by atoms with van der Waals surface area (Å²) >= 11 is 0. The number of ether oxygens (including phenoxy) is 1. The van der Waals surface area contributed by atoms with Crippen LogP contribution in [0.4, 0.5) is 11.5 Å². The summed E-state index contributed by atoms with van der Waals surface area (Å²) in [5.41, 5.74) is 10.2. The number of carbonyl (C=O) groups is 2. The first-order chi connectivity index (χ1) is 14.0. The molecule has 146 valence electrons. The molecule has 0 radical (unpaired) electrons. The van der Waals surface area contributed by atoms with E-state index in [4.69, 9.17) is 10.5 Å². The van der Waals surface area contributed by atoms with E-state index in [0.29, 0.717) is 17.7 Å². The van der Waals surface area contributed by atoms with Gasteiger partial charge in [-0.3, -0.25) is 9.59 Å². The Morgan fingerprint density at radius 2 is 1.90 bits per heavy atom. The van der Waals surface area contributed by atoms with Crippen molar-refractivity contribution in [1.29, 1.82) is 0 Å². The van der Waals surface area contributed by atoms with Crippen molar-refractivity contribution in [3.05, 3.63) is 83.0 Å². The van der Waals surface area contributed by atoms with Gasteiger partial charge in [-0.25, -0.2) is 4.98 Å². The molecule has 29 heavy (non-hydrogen) atoms. The van der Waals surface area contributed by atoms with E-state index in [1.54, 1.807) is 18.3 Å². The van der Waals surface area contributed by atoms with E-state index in [1.807, 2.05) is 42.5 Å². The number of hydrogen-bond donors (Lipinski definition) is 1. The minimum Gasteiger partial charge on any atom is -0.427 e. The number of aromatic nitrogens is 1. The zero-order valence-electron chi connectivity index (χ0n) is 16.1. The Balaban J connectivity index is 1.59. The second kappa shape index (κ2) is 7.75. The highest BCUT2D eigenvalue weighted by Gasteiger charge is 2.25. The zero-order chi connectivity index (χ0) is 20.4. The molecule has 3 aromatic rings. The highest BCUT2D eigenvalue weighted by Crippen LogP contribution is 2.35. The summed E-state index contributed by atoms with van der Waals surface area (Å²) in [6, 6.07) is 17.1. The third-order valence-corrected chi connectivity index (χ3v) is 4.95. The number of hydrogen-bond acceptors (Lipinski definition) is 5. The van der Waals surface area contributed by atoms with Crippen LogP contribution in [0.1, 0.15) is 34.0 Å². The van der Waals surface area contributed by atoms with Crippen LogP contribution in [0.25, 0.3) is 0 Å². The summed E-state index contributed by atoms with van der Waals surface area (Å²) in [5, 5.41) is 0. The van der Waals surface area contributed by atoms with Gasteiger partial charge in [0.05, 0.1) is 0 Å². The van der Waals surface area contributed by atoms with Gasteiger partial charge in [0.15, 0.2) is 0 Å². The number of esters is 1. The van der Waals surface area contributed by atoms with Crippen LogP contribution in [-0.4, -0.2) is 23.4 Å². The number of primary amides is 1. The topological polar surface area (TPSA) is 85.5 Å². The standard InChI is InChI=1S/C23H21N3O3/c1-15(27)29-18-5-2-4-16(13-18)12-17-8-10-25-22(14-17)26-11-9-19-20(23(24)28)6-3-7-21(19)26/h2-8,10,13-14H,9,11-12H2,1H3,(H2,24,28). The number of nitrogens with two attached hydrogens (primary N) is 1. The number of rotatable bonds is 5. The van der Waals surface area contributed by atoms with Crippen LogP contribution in [-0.2, 0) is 17.6 Å². The van der Waals surface area contributed by atoms with E-state index in [2.05, 4.69) is 9.88 Å². The molecule has 6 nitrogen and oxygen atoms in total. The highest BCUT2D eigenvalue weighted by molar-refractivity contribution is 5.96. The molecule has 2 aromatic carbocycles. The van der Waals surface area contributed by atoms with Crippen LogP contribution in [0.3, 0.4) is 0 Å². The minimum atomic E-state index is -0.405. The molecule has 2 heterocycles. The molecule has 0 fully saturated rings. The monoisotopic (exact) mass is 387 g/mol. The van der Waals surface area contributed by atoms with Crippen LogP contribution < -0.4 is 15.4 Å². The van der Waals surface area contributed by atoms with Gasteiger partial charge in [0.1, 0.15) is 11.6 Å². The molecular formula is C23H21N3O3. The fourth-order valence-electron chi connectivity index (χ4n) is 3.74. The summed E-state index contributed by atoms with van der Waals surface area (Å²) in [4.78, 5) is 29.5. The van der Waals surface area contributed by atoms with Crippen molar-refractivity contribution in [1.82, 2.24) is 4.98 Å². The van der Waals surface area contributed by atoms with E-state index < -0.39 is 5.91 Å². The first-order valence-electron chi connectivity index (χ1n) is 9.43. The lowest BCUT2D eigenvalue weighted by Crippen LogP contribution is -2.15. The predicted octanol–water partition coefficient (Wildman–Crippen LogP) is 3.39. The second-order valence-electron chi connectivity index (χ2n) is 7.01. The number of pyridine rings is 1. The van der Waals surface area contributed by atoms with Gasteiger partial charge in [0.2, 0.25) is 5.91 Å². The molecule has 2 N–H and O–H groups in total. The number of nitrogens with zero attached hydrogens (tertiary/aromatic N) is 2. The van der Waals surface area contributed by atoms with Gasteiger partial charge < -0.3 is 15.4 Å². The maximum Gasteiger partial charge on any atom is 0.308 e. The van der Waals surface area contributed by atoms with Crippen molar-refractivity contribution in [3.8, 4) is 5.75 Å². The van der Waals surface area contributed by atoms with E-state index in [9.17, 15) is 9.59 Å². The van der Waals surface area contributed by atoms with Crippen molar-refractivity contribution in [2.75, 3.05) is 11.4 Å². The van der Waals surface area contributed by atoms with Gasteiger partial charge in [0, 0.05) is 30.9 Å². The van der Waals surface area contributed by atoms with Gasteiger partial charge in [0.25, 0.3) is 0 Å². The highest BCUT2D eigenvalue weighted by atomic mass is 16.5. The van der Waals surface area contributed by atoms with Crippen molar-refractivity contribution < 1.29 is 14.3 Å². The molecule has 1 aromatic heterocycles. The summed E-state index contributed by atoms with van der Waals surface area (Å²) < 4.78 is 5.17. The molecule has 0 saturated carbocycles. The molecule has 4 rings (SSSR count). The molecule has 0 bridgehead atoms. The molecule has 1 amide bonds. The van der Waals surface area contributed by atoms with E-state index in [-0.39, 0.29) is 5.97 Å². The van der Waals surface area contributed by atoms with Crippen LogP contribution in [0, 0.1) is 0 Å². The zero-order valence-corrected chi connectivity index (χ0v) is 16.1. The van der Waals surface area contributed by atoms with Gasteiger partial charge in [-0.2, -0.15) is 0 Å². The van der Waals surface area contributed by atoms with Gasteiger partial charge in [-0.05, 0) is 65.9 Å². The SMILES string of the molecule is CC(=O)Oc1cccc(Cc2ccnc(N3CCc4c(C(N)=O)cccc43)c2)c1. The Morgan fingerprint density at radius 1 is 1.10 bits per heavy atom. The van der Waals surface area contributed by atoms with Gasteiger partial charge in [-0.1, -0.05) is 18.2 Å². The van der Waals surface area contributed by atoms with E-state index >= 15 is 0 Å². The lowest BCUT2D eigenvalue weighted by atomic mass is 10.0. The average molecular weight is 387 g/mol. The molecule has 1 aliphatic rings. The lowest BCUT2D eigenvalue weighted by molar-refractivity contribution is -0.131. The van der Waals surface area contributed by atoms with E-state index in [1.165, 1.54) is 6.92 Å². The van der Waals surface area contributed by atoms with Gasteiger partial charge in [-0.15, -0.1) is 0 Å². The largest absolute Gasteiger partial charge is 0.427 e. The van der Waals surface area contributed by atoms with Crippen molar-refractivity contribution in [2.24, 2.45) is 5.73 Å². The average Bonchev–Trinajstić information content (AvgIpc) is 3.12. The number of amides is 1. The summed E-state index contributed by atoms with van der Waals surface area (Å²) in [7, 11) is 0. The Kier molecular flexibility index (Phi) is 4.99. The van der Waals surface area contributed by atoms with Gasteiger partial charge >= 0.3 is 5.97 Å². The maximum atomic E-state index is 11.7. The molecule has 1 aliphatic heterocycles. The maximum absolute atomic E-state index is 11.7. The van der Waals surface area contributed by atoms with Crippen molar-refractivity contribution >= 4 is 23.4 Å². The molecule has 0 spiro atoms. The molecule has 0 aliphatic carbocycles. The second-order valence-corrected chi connectivity index (χ2v) is 7.01. The molecule has 0 unspecified atom stereocenters. The third kappa shape index (κ3) is 3.96. The minimum absolute atomic E-state index is 0.337. The normalized spacial score (nSPS) is 12.5. The molecule has 6 heteroatoms. The number of fused-ring (bicyclic) bond motifs is 1. The number of anilines is 2. The quantitative estimate of drug-likeness (QED) is 0.536. The number of benzene rings is 2. The van der Waals surface area contributed by atoms with Crippen molar-refractivity contribution in [3.63, 3.8) is 0 Å². The fraction of sp³-hybridized carbons (Fsp3) is 0.174. The predicted molar refractivity (Wildman–Crippen MR) is 110 cm³/mol. The summed E-state index contributed by atoms with van der Waals surface area (Å²) in [6.07, 6.45) is 3.23. The Hall–Kier alpha value is -3.67. The van der Waals surface area contributed by atoms with E-state index in [0.717, 1.165) is 41.2 Å². The summed E-state index contributed by atoms with van der Waals surface area (Å²) in [6.45, 7) is 2.14. The number of carbonyl (C=O) groups excluding carboxylic acids is 2. The summed E-state index contributed by atoms with van der Waals surface area (Å²) in [5.74, 6) is 0.630. The van der Waals surface area contributed by atoms with Crippen LogP contribution in [0.15, 0.2) is 60.8 Å². The Labute approximate surface area is 168 Å². The third-order valence-electron chi connectivity index (χ3n) is 4.95. The first-order valence-corrected chi connectivity index (χ1v) is 9.43. The Bertz CT molecular complexity index is 1090. The Morgan fingerprint density at radius 3 is 2.69 bits per heavy atom. The fourth-order valence-corrected chi connectivity index (χ4v) is 3.74. The van der Waals surface area contributed by atoms with Crippen LogP contribution >= 0.6 is 0 Å². The molecular weight excluding hydrogens is 366 g/mol. The first kappa shape index (κ1) is 18.7. The van der Waals surface area contributed by atoms with Crippen LogP contribution in [0.5, 0.6) is 5.75 Å². The lowest BCUT2D eigenvalue weighted by Gasteiger charge is -2.19. The molecule has 0 atom stereocenters. The van der Waals surface area contributed by atoms with Crippen LogP contribution in [0.2, 0.25) is 0 Å². The smallest absolute Gasteiger partial charge is 0.308 e. The van der Waals surface area contributed by atoms with Crippen molar-refractivity contribution in [2.45, 2.75) is 19.8 Å².